The predicted octanol–water partition coefficient (Wildman–Crippen LogP) is 3.37. The van der Waals surface area contributed by atoms with E-state index in [9.17, 15) is 14.4 Å². The van der Waals surface area contributed by atoms with E-state index in [2.05, 4.69) is 0 Å². The molecule has 102 valence electrons. The van der Waals surface area contributed by atoms with Gasteiger partial charge < -0.3 is 4.74 Å². The molecule has 0 saturated heterocycles. The van der Waals surface area contributed by atoms with Crippen LogP contribution in [0, 0.1) is 0 Å². The Morgan fingerprint density at radius 3 is 1.95 bits per heavy atom. The highest BCUT2D eigenvalue weighted by atomic mass is 32.1. The van der Waals surface area contributed by atoms with Crippen molar-refractivity contribution in [3.05, 3.63) is 51.7 Å². The quantitative estimate of drug-likeness (QED) is 0.491. The molecule has 0 N–H and O–H groups in total. The second-order valence-electron chi connectivity index (χ2n) is 4.19. The van der Waals surface area contributed by atoms with Gasteiger partial charge >= 0.3 is 5.97 Å². The predicted molar refractivity (Wildman–Crippen MR) is 75.7 cm³/mol. The molecule has 0 aliphatic heterocycles. The molecular formula is C15H12O4S. The molecule has 1 aromatic carbocycles. The molecular weight excluding hydrogens is 276 g/mol. The van der Waals surface area contributed by atoms with Crippen molar-refractivity contribution < 1.29 is 19.1 Å². The summed E-state index contributed by atoms with van der Waals surface area (Å²) in [5.41, 5.74) is 0.555. The van der Waals surface area contributed by atoms with Gasteiger partial charge in [0.1, 0.15) is 10.6 Å². The molecule has 0 spiro atoms. The highest BCUT2D eigenvalue weighted by Crippen LogP contribution is 2.20. The van der Waals surface area contributed by atoms with Crippen LogP contribution in [0.4, 0.5) is 0 Å². The van der Waals surface area contributed by atoms with Gasteiger partial charge in [0.15, 0.2) is 11.6 Å². The molecule has 0 unspecified atom stereocenters. The average Bonchev–Trinajstić information content (AvgIpc) is 2.89. The number of carbonyl (C=O) groups is 3. The highest BCUT2D eigenvalue weighted by molar-refractivity contribution is 7.15. The summed E-state index contributed by atoms with van der Waals surface area (Å²) in [7, 11) is 0. The summed E-state index contributed by atoms with van der Waals surface area (Å²) in [6, 6.07) is 9.49. The van der Waals surface area contributed by atoms with Gasteiger partial charge in [0.2, 0.25) is 0 Å². The van der Waals surface area contributed by atoms with E-state index in [1.165, 1.54) is 13.8 Å². The van der Waals surface area contributed by atoms with Gasteiger partial charge in [-0.05, 0) is 50.2 Å². The topological polar surface area (TPSA) is 60.4 Å². The second-order valence-corrected chi connectivity index (χ2v) is 5.27. The van der Waals surface area contributed by atoms with Gasteiger partial charge in [-0.3, -0.25) is 9.59 Å². The zero-order valence-electron chi connectivity index (χ0n) is 11.0. The van der Waals surface area contributed by atoms with E-state index >= 15 is 0 Å². The van der Waals surface area contributed by atoms with Crippen LogP contribution >= 0.6 is 11.3 Å². The van der Waals surface area contributed by atoms with Crippen molar-refractivity contribution >= 4 is 28.9 Å². The lowest BCUT2D eigenvalue weighted by atomic mass is 10.1. The zero-order valence-corrected chi connectivity index (χ0v) is 11.8. The van der Waals surface area contributed by atoms with Crippen molar-refractivity contribution in [1.82, 2.24) is 0 Å². The molecule has 1 aromatic heterocycles. The van der Waals surface area contributed by atoms with Crippen LogP contribution in [0.5, 0.6) is 5.75 Å². The van der Waals surface area contributed by atoms with Crippen molar-refractivity contribution in [2.24, 2.45) is 0 Å². The number of hydrogen-bond acceptors (Lipinski definition) is 5. The van der Waals surface area contributed by atoms with E-state index in [4.69, 9.17) is 4.74 Å². The summed E-state index contributed by atoms with van der Waals surface area (Å²) >= 11 is 1.10. The van der Waals surface area contributed by atoms with Crippen LogP contribution in [0.3, 0.4) is 0 Å². The maximum atomic E-state index is 11.9. The van der Waals surface area contributed by atoms with E-state index in [1.54, 1.807) is 36.4 Å². The third-order valence-electron chi connectivity index (χ3n) is 2.63. The lowest BCUT2D eigenvalue weighted by molar-refractivity contribution is 0.0739. The lowest BCUT2D eigenvalue weighted by Crippen LogP contribution is -2.06. The number of ketones is 2. The number of hydrogen-bond donors (Lipinski definition) is 0. The number of rotatable bonds is 4. The number of benzene rings is 1. The van der Waals surface area contributed by atoms with E-state index in [-0.39, 0.29) is 11.6 Å². The molecule has 0 saturated carbocycles. The monoisotopic (exact) mass is 288 g/mol. The first-order valence-electron chi connectivity index (χ1n) is 5.91. The van der Waals surface area contributed by atoms with Gasteiger partial charge in [0, 0.05) is 5.56 Å². The third kappa shape index (κ3) is 3.19. The molecule has 2 rings (SSSR count). The van der Waals surface area contributed by atoms with E-state index < -0.39 is 5.97 Å². The third-order valence-corrected chi connectivity index (χ3v) is 3.79. The fraction of sp³-hybridized carbons (Fsp3) is 0.133. The fourth-order valence-electron chi connectivity index (χ4n) is 1.55. The van der Waals surface area contributed by atoms with Crippen LogP contribution in [0.25, 0.3) is 0 Å². The summed E-state index contributed by atoms with van der Waals surface area (Å²) in [6.45, 7) is 2.91. The van der Waals surface area contributed by atoms with Crippen LogP contribution in [0.15, 0.2) is 36.4 Å². The van der Waals surface area contributed by atoms with Crippen LogP contribution in [-0.2, 0) is 0 Å². The summed E-state index contributed by atoms with van der Waals surface area (Å²) < 4.78 is 5.18. The van der Waals surface area contributed by atoms with E-state index in [0.717, 1.165) is 11.3 Å². The van der Waals surface area contributed by atoms with Gasteiger partial charge in [-0.1, -0.05) is 0 Å². The fourth-order valence-corrected chi connectivity index (χ4v) is 2.33. The summed E-state index contributed by atoms with van der Waals surface area (Å²) in [5, 5.41) is 0. The molecule has 0 fully saturated rings. The summed E-state index contributed by atoms with van der Waals surface area (Å²) in [5.74, 6) is -0.289. The lowest BCUT2D eigenvalue weighted by Gasteiger charge is -2.03. The number of ether oxygens (including phenoxy) is 1. The van der Waals surface area contributed by atoms with Crippen LogP contribution in [0.2, 0.25) is 0 Å². The smallest absolute Gasteiger partial charge is 0.353 e. The summed E-state index contributed by atoms with van der Waals surface area (Å²) in [6.07, 6.45) is 0. The normalized spacial score (nSPS) is 10.1. The molecule has 0 atom stereocenters. The van der Waals surface area contributed by atoms with Crippen molar-refractivity contribution in [2.75, 3.05) is 0 Å². The number of Topliss-reactive ketones (excluding diaryl/α,β-unsaturated/α-hetero) is 2. The van der Waals surface area contributed by atoms with E-state index in [1.807, 2.05) is 0 Å². The van der Waals surface area contributed by atoms with Crippen LogP contribution in [0.1, 0.15) is 43.5 Å². The zero-order chi connectivity index (χ0) is 14.7. The summed E-state index contributed by atoms with van der Waals surface area (Å²) in [4.78, 5) is 35.1. The standard InChI is InChI=1S/C15H12O4S/c1-9(16)11-3-5-12(6-4-11)19-15(18)14-8-7-13(20-14)10(2)17/h3-8H,1-2H3. The second kappa shape index (κ2) is 5.79. The van der Waals surface area contributed by atoms with Crippen molar-refractivity contribution in [2.45, 2.75) is 13.8 Å². The molecule has 5 heteroatoms. The van der Waals surface area contributed by atoms with Crippen molar-refractivity contribution in [3.63, 3.8) is 0 Å². The Hall–Kier alpha value is -2.27. The Morgan fingerprint density at radius 2 is 1.45 bits per heavy atom. The molecule has 0 bridgehead atoms. The highest BCUT2D eigenvalue weighted by Gasteiger charge is 2.13. The number of thiophene rings is 1. The number of carbonyl (C=O) groups excluding carboxylic acids is 3. The molecule has 1 heterocycles. The Labute approximate surface area is 120 Å². The number of esters is 1. The Bertz CT molecular complexity index is 667. The SMILES string of the molecule is CC(=O)c1ccc(OC(=O)c2ccc(C(C)=O)s2)cc1. The minimum atomic E-state index is -0.516. The minimum Gasteiger partial charge on any atom is -0.422 e. The first-order valence-corrected chi connectivity index (χ1v) is 6.73. The molecule has 0 aliphatic carbocycles. The molecule has 0 radical (unpaired) electrons. The van der Waals surface area contributed by atoms with Gasteiger partial charge in [0.05, 0.1) is 4.88 Å². The first kappa shape index (κ1) is 14.1. The van der Waals surface area contributed by atoms with Gasteiger partial charge in [0.25, 0.3) is 0 Å². The first-order chi connectivity index (χ1) is 9.47. The molecule has 2 aromatic rings. The molecule has 0 amide bonds. The van der Waals surface area contributed by atoms with Crippen molar-refractivity contribution in [1.29, 1.82) is 0 Å². The molecule has 4 nitrogen and oxygen atoms in total. The van der Waals surface area contributed by atoms with Gasteiger partial charge in [-0.25, -0.2) is 4.79 Å². The van der Waals surface area contributed by atoms with Crippen molar-refractivity contribution in [3.8, 4) is 5.75 Å². The van der Waals surface area contributed by atoms with E-state index in [0.29, 0.717) is 21.1 Å². The minimum absolute atomic E-state index is 0.0489. The maximum Gasteiger partial charge on any atom is 0.353 e. The van der Waals surface area contributed by atoms with Crippen LogP contribution < -0.4 is 4.74 Å². The van der Waals surface area contributed by atoms with Gasteiger partial charge in [-0.2, -0.15) is 0 Å². The Kier molecular flexibility index (Phi) is 4.10. The molecule has 20 heavy (non-hydrogen) atoms. The van der Waals surface area contributed by atoms with Gasteiger partial charge in [-0.15, -0.1) is 11.3 Å². The maximum absolute atomic E-state index is 11.9. The Morgan fingerprint density at radius 1 is 0.850 bits per heavy atom. The Balaban J connectivity index is 2.10. The molecule has 0 aliphatic rings. The average molecular weight is 288 g/mol. The largest absolute Gasteiger partial charge is 0.422 e. The van der Waals surface area contributed by atoms with Crippen LogP contribution in [-0.4, -0.2) is 17.5 Å².